The van der Waals surface area contributed by atoms with E-state index >= 15 is 0 Å². The van der Waals surface area contributed by atoms with E-state index in [1.165, 1.54) is 0 Å². The number of phenolic OH excluding ortho intramolecular Hbond substituents is 1. The van der Waals surface area contributed by atoms with Gasteiger partial charge in [-0.25, -0.2) is 0 Å². The van der Waals surface area contributed by atoms with Crippen molar-refractivity contribution in [3.63, 3.8) is 0 Å². The van der Waals surface area contributed by atoms with Crippen LogP contribution in [-0.2, 0) is 6.42 Å². The molecule has 1 aliphatic heterocycles. The highest BCUT2D eigenvalue weighted by Gasteiger charge is 2.16. The van der Waals surface area contributed by atoms with Crippen molar-refractivity contribution in [1.29, 1.82) is 0 Å². The second-order valence-electron chi connectivity index (χ2n) is 3.07. The number of rotatable bonds is 0. The van der Waals surface area contributed by atoms with Crippen LogP contribution in [0, 0.1) is 0 Å². The summed E-state index contributed by atoms with van der Waals surface area (Å²) in [5.74, 6) is 1.00. The lowest BCUT2D eigenvalue weighted by Gasteiger charge is -2.22. The smallest absolute Gasteiger partial charge is 0.126 e. The number of fused-ring (bicyclic) bond motifs is 1. The molecule has 0 aromatic heterocycles. The Morgan fingerprint density at radius 2 is 2.23 bits per heavy atom. The van der Waals surface area contributed by atoms with Crippen LogP contribution in [-0.4, -0.2) is 17.8 Å². The van der Waals surface area contributed by atoms with Gasteiger partial charge >= 0.3 is 0 Å². The minimum absolute atomic E-state index is 0. The largest absolute Gasteiger partial charge is 0.508 e. The molecule has 0 saturated carbocycles. The van der Waals surface area contributed by atoms with Crippen LogP contribution in [0.2, 0.25) is 0 Å². The molecule has 0 fully saturated rings. The maximum atomic E-state index is 9.14. The van der Waals surface area contributed by atoms with Crippen molar-refractivity contribution in [3.8, 4) is 11.5 Å². The molecule has 0 aliphatic carbocycles. The lowest BCUT2D eigenvalue weighted by molar-refractivity contribution is 0.262. The van der Waals surface area contributed by atoms with Crippen LogP contribution in [0.25, 0.3) is 0 Å². The van der Waals surface area contributed by atoms with E-state index in [4.69, 9.17) is 15.6 Å². The van der Waals surface area contributed by atoms with Crippen LogP contribution in [0.5, 0.6) is 11.5 Å². The summed E-state index contributed by atoms with van der Waals surface area (Å²) in [6.07, 6.45) is 0.829. The number of ether oxygens (including phenoxy) is 1. The van der Waals surface area contributed by atoms with Gasteiger partial charge in [0.1, 0.15) is 18.1 Å². The highest BCUT2D eigenvalue weighted by atomic mass is 79.9. The van der Waals surface area contributed by atoms with Crippen LogP contribution < -0.4 is 10.5 Å². The van der Waals surface area contributed by atoms with E-state index in [-0.39, 0.29) is 28.8 Å². The van der Waals surface area contributed by atoms with E-state index < -0.39 is 0 Å². The molecule has 0 spiro atoms. The first-order chi connectivity index (χ1) is 5.75. The first-order valence-corrected chi connectivity index (χ1v) is 3.96. The van der Waals surface area contributed by atoms with Gasteiger partial charge in [-0.3, -0.25) is 0 Å². The van der Waals surface area contributed by atoms with Gasteiger partial charge in [0.2, 0.25) is 0 Å². The molecule has 72 valence electrons. The molecule has 4 heteroatoms. The molecule has 13 heavy (non-hydrogen) atoms. The zero-order chi connectivity index (χ0) is 8.55. The molecule has 1 aliphatic rings. The van der Waals surface area contributed by atoms with E-state index in [0.717, 1.165) is 17.7 Å². The normalized spacial score (nSPS) is 19.6. The molecule has 0 saturated heterocycles. The van der Waals surface area contributed by atoms with Crippen molar-refractivity contribution in [1.82, 2.24) is 0 Å². The molecule has 1 atom stereocenters. The average Bonchev–Trinajstić information content (AvgIpc) is 2.05. The Bertz CT molecular complexity index is 304. The zero-order valence-electron chi connectivity index (χ0n) is 7.06. The summed E-state index contributed by atoms with van der Waals surface area (Å²) >= 11 is 0. The Kier molecular flexibility index (Phi) is 3.17. The third kappa shape index (κ3) is 2.14. The predicted molar refractivity (Wildman–Crippen MR) is 55.6 cm³/mol. The van der Waals surface area contributed by atoms with Crippen LogP contribution in [0.15, 0.2) is 18.2 Å². The molecular formula is C9H12BrNO2. The monoisotopic (exact) mass is 245 g/mol. The zero-order valence-corrected chi connectivity index (χ0v) is 8.78. The summed E-state index contributed by atoms with van der Waals surface area (Å²) in [7, 11) is 0. The Morgan fingerprint density at radius 1 is 1.46 bits per heavy atom. The first kappa shape index (κ1) is 10.3. The first-order valence-electron chi connectivity index (χ1n) is 3.96. The second-order valence-corrected chi connectivity index (χ2v) is 3.07. The highest BCUT2D eigenvalue weighted by Crippen LogP contribution is 2.27. The highest BCUT2D eigenvalue weighted by molar-refractivity contribution is 8.93. The third-order valence-electron chi connectivity index (χ3n) is 1.99. The number of phenols is 1. The molecule has 1 aromatic carbocycles. The molecule has 0 radical (unpaired) electrons. The Labute approximate surface area is 87.3 Å². The van der Waals surface area contributed by atoms with E-state index in [2.05, 4.69) is 0 Å². The second kappa shape index (κ2) is 3.98. The van der Waals surface area contributed by atoms with Crippen molar-refractivity contribution >= 4 is 17.0 Å². The minimum atomic E-state index is 0. The van der Waals surface area contributed by atoms with Gasteiger partial charge in [-0.2, -0.15) is 0 Å². The average molecular weight is 246 g/mol. The summed E-state index contributed by atoms with van der Waals surface area (Å²) in [5.41, 5.74) is 6.78. The molecule has 0 unspecified atom stereocenters. The van der Waals surface area contributed by atoms with Crippen LogP contribution in [0.4, 0.5) is 0 Å². The summed E-state index contributed by atoms with van der Waals surface area (Å²) in [5, 5.41) is 9.14. The van der Waals surface area contributed by atoms with Crippen LogP contribution in [0.3, 0.4) is 0 Å². The van der Waals surface area contributed by atoms with Gasteiger partial charge in [0, 0.05) is 12.1 Å². The number of aromatic hydroxyl groups is 1. The summed E-state index contributed by atoms with van der Waals surface area (Å²) in [6, 6.07) is 5.22. The van der Waals surface area contributed by atoms with Crippen molar-refractivity contribution in [3.05, 3.63) is 23.8 Å². The fourth-order valence-corrected chi connectivity index (χ4v) is 1.38. The van der Waals surface area contributed by atoms with Gasteiger partial charge < -0.3 is 15.6 Å². The number of hydrogen-bond acceptors (Lipinski definition) is 3. The molecule has 1 heterocycles. The lowest BCUT2D eigenvalue weighted by atomic mass is 10.0. The van der Waals surface area contributed by atoms with Gasteiger partial charge in [0.05, 0.1) is 0 Å². The molecule has 1 aromatic rings. The Hall–Kier alpha value is -0.740. The Balaban J connectivity index is 0.000000845. The van der Waals surface area contributed by atoms with Crippen molar-refractivity contribution in [2.75, 3.05) is 6.61 Å². The third-order valence-corrected chi connectivity index (χ3v) is 1.99. The van der Waals surface area contributed by atoms with Gasteiger partial charge in [-0.15, -0.1) is 17.0 Å². The summed E-state index contributed by atoms with van der Waals surface area (Å²) < 4.78 is 5.33. The fourth-order valence-electron chi connectivity index (χ4n) is 1.38. The molecule has 0 bridgehead atoms. The summed E-state index contributed by atoms with van der Waals surface area (Å²) in [4.78, 5) is 0. The van der Waals surface area contributed by atoms with Crippen molar-refractivity contribution < 1.29 is 9.84 Å². The van der Waals surface area contributed by atoms with E-state index in [1.54, 1.807) is 12.1 Å². The van der Waals surface area contributed by atoms with E-state index in [0.29, 0.717) is 6.61 Å². The fraction of sp³-hybridized carbons (Fsp3) is 0.333. The van der Waals surface area contributed by atoms with E-state index in [1.807, 2.05) is 6.07 Å². The number of halogens is 1. The SMILES string of the molecule is Br.N[C@@H]1COc2cc(O)ccc2C1. The molecule has 3 N–H and O–H groups in total. The van der Waals surface area contributed by atoms with Gasteiger partial charge in [0.25, 0.3) is 0 Å². The molecular weight excluding hydrogens is 234 g/mol. The standard InChI is InChI=1S/C9H11NO2.BrH/c10-7-3-6-1-2-8(11)4-9(6)12-5-7;/h1-2,4,7,11H,3,5,10H2;1H/t7-;/m0./s1. The summed E-state index contributed by atoms with van der Waals surface area (Å²) in [6.45, 7) is 0.538. The molecule has 2 rings (SSSR count). The number of hydrogen-bond donors (Lipinski definition) is 2. The number of nitrogens with two attached hydrogens (primary N) is 1. The van der Waals surface area contributed by atoms with E-state index in [9.17, 15) is 0 Å². The molecule has 3 nitrogen and oxygen atoms in total. The quantitative estimate of drug-likeness (QED) is 0.723. The van der Waals surface area contributed by atoms with Crippen LogP contribution >= 0.6 is 17.0 Å². The van der Waals surface area contributed by atoms with Gasteiger partial charge in [-0.1, -0.05) is 6.07 Å². The van der Waals surface area contributed by atoms with Gasteiger partial charge in [-0.05, 0) is 18.1 Å². The molecule has 0 amide bonds. The Morgan fingerprint density at radius 3 is 3.00 bits per heavy atom. The lowest BCUT2D eigenvalue weighted by Crippen LogP contribution is -2.33. The predicted octanol–water partition coefficient (Wildman–Crippen LogP) is 1.23. The topological polar surface area (TPSA) is 55.5 Å². The van der Waals surface area contributed by atoms with Crippen molar-refractivity contribution in [2.24, 2.45) is 5.73 Å². The minimum Gasteiger partial charge on any atom is -0.508 e. The maximum absolute atomic E-state index is 9.14. The van der Waals surface area contributed by atoms with Crippen LogP contribution in [0.1, 0.15) is 5.56 Å². The van der Waals surface area contributed by atoms with Crippen molar-refractivity contribution in [2.45, 2.75) is 12.5 Å². The van der Waals surface area contributed by atoms with Gasteiger partial charge in [0.15, 0.2) is 0 Å². The maximum Gasteiger partial charge on any atom is 0.126 e. The number of benzene rings is 1.